The summed E-state index contributed by atoms with van der Waals surface area (Å²) in [4.78, 5) is 14.2. The monoisotopic (exact) mass is 165 g/mol. The second kappa shape index (κ2) is 2.75. The number of pyridine rings is 1. The Hall–Kier alpha value is -1.09. The van der Waals surface area contributed by atoms with Crippen LogP contribution in [-0.4, -0.2) is 10.1 Å². The first-order valence-electron chi connectivity index (χ1n) is 4.17. The molecule has 1 unspecified atom stereocenters. The van der Waals surface area contributed by atoms with Crippen LogP contribution in [0.3, 0.4) is 0 Å². The van der Waals surface area contributed by atoms with Crippen LogP contribution < -0.4 is 5.43 Å². The molecule has 0 amide bonds. The predicted octanol–water partition coefficient (Wildman–Crippen LogP) is 0.745. The van der Waals surface area contributed by atoms with Gasteiger partial charge in [-0.25, -0.2) is 0 Å². The largest absolute Gasteiger partial charge is 0.387 e. The lowest BCUT2D eigenvalue weighted by atomic mass is 9.94. The molecule has 0 saturated carbocycles. The Balaban J connectivity index is 2.59. The van der Waals surface area contributed by atoms with E-state index in [9.17, 15) is 9.90 Å². The maximum Gasteiger partial charge on any atom is 0.185 e. The van der Waals surface area contributed by atoms with E-state index in [4.69, 9.17) is 0 Å². The van der Waals surface area contributed by atoms with Crippen molar-refractivity contribution in [1.82, 2.24) is 4.98 Å². The molecular weight excluding hydrogens is 154 g/mol. The van der Waals surface area contributed by atoms with E-state index in [-0.39, 0.29) is 5.43 Å². The Morgan fingerprint density at radius 2 is 2.42 bits per heavy atom. The molecule has 0 saturated heterocycles. The Bertz CT molecular complexity index is 343. The van der Waals surface area contributed by atoms with Crippen molar-refractivity contribution in [1.29, 1.82) is 0 Å². The minimum absolute atomic E-state index is 0.0440. The van der Waals surface area contributed by atoms with Gasteiger partial charge in [-0.3, -0.25) is 4.79 Å². The van der Waals surface area contributed by atoms with Gasteiger partial charge in [0.25, 0.3) is 0 Å². The van der Waals surface area contributed by atoms with Gasteiger partial charge in [-0.1, -0.05) is 0 Å². The average molecular weight is 165 g/mol. The highest BCUT2D eigenvalue weighted by molar-refractivity contribution is 5.24. The summed E-state index contributed by atoms with van der Waals surface area (Å²) < 4.78 is 0. The summed E-state index contributed by atoms with van der Waals surface area (Å²) in [6.07, 6.45) is 3.58. The Morgan fingerprint density at radius 1 is 1.58 bits per heavy atom. The summed E-state index contributed by atoms with van der Waals surface area (Å²) in [6, 6.07) is 1.51. The minimum Gasteiger partial charge on any atom is -0.387 e. The molecule has 2 rings (SSSR count). The normalized spacial score (nSPS) is 21.9. The number of rotatable bonds is 0. The first-order valence-corrected chi connectivity index (χ1v) is 4.17. The van der Waals surface area contributed by atoms with E-state index in [1.165, 1.54) is 6.07 Å². The third-order valence-corrected chi connectivity index (χ3v) is 2.33. The van der Waals surface area contributed by atoms with Crippen LogP contribution >= 0.6 is 0 Å². The number of fused-ring (bicyclic) bond motifs is 1. The standard InChI is InChI=1S/C9H11NO2/c11-7-4-5-10-9-6(7)2-1-3-8(9)12/h4-5,8,12H,1-3H2,(H,10,11). The highest BCUT2D eigenvalue weighted by Gasteiger charge is 2.19. The lowest BCUT2D eigenvalue weighted by molar-refractivity contribution is 0.151. The molecule has 1 aromatic heterocycles. The van der Waals surface area contributed by atoms with Crippen LogP contribution in [0.1, 0.15) is 30.2 Å². The fourth-order valence-electron chi connectivity index (χ4n) is 1.70. The van der Waals surface area contributed by atoms with E-state index in [1.807, 2.05) is 0 Å². The lowest BCUT2D eigenvalue weighted by Crippen LogP contribution is -2.19. The van der Waals surface area contributed by atoms with Crippen LogP contribution in [0.25, 0.3) is 0 Å². The summed E-state index contributed by atoms with van der Waals surface area (Å²) in [5.41, 5.74) is 1.52. The maximum atomic E-state index is 11.3. The fraction of sp³-hybridized carbons (Fsp3) is 0.444. The average Bonchev–Trinajstić information content (AvgIpc) is 2.07. The number of aliphatic hydroxyl groups is 1. The van der Waals surface area contributed by atoms with E-state index >= 15 is 0 Å². The third kappa shape index (κ3) is 1.06. The van der Waals surface area contributed by atoms with Crippen LogP contribution in [0, 0.1) is 0 Å². The van der Waals surface area contributed by atoms with Crippen molar-refractivity contribution in [3.8, 4) is 0 Å². The molecule has 0 spiro atoms. The molecule has 1 atom stereocenters. The minimum atomic E-state index is -0.470. The van der Waals surface area contributed by atoms with Gasteiger partial charge in [0.1, 0.15) is 0 Å². The SMILES string of the molecule is O=c1cc[nH]c2c1CCCC2O. The number of aromatic nitrogens is 1. The summed E-state index contributed by atoms with van der Waals surface area (Å²) in [6.45, 7) is 0. The molecule has 0 radical (unpaired) electrons. The molecule has 3 heteroatoms. The quantitative estimate of drug-likeness (QED) is 0.596. The number of H-pyrrole nitrogens is 1. The molecule has 0 aromatic carbocycles. The van der Waals surface area contributed by atoms with Crippen LogP contribution in [0.5, 0.6) is 0 Å². The van der Waals surface area contributed by atoms with Crippen LogP contribution in [0.4, 0.5) is 0 Å². The van der Waals surface area contributed by atoms with Gasteiger partial charge in [-0.15, -0.1) is 0 Å². The molecule has 2 N–H and O–H groups in total. The van der Waals surface area contributed by atoms with Crippen molar-refractivity contribution < 1.29 is 5.11 Å². The zero-order valence-electron chi connectivity index (χ0n) is 6.71. The first-order chi connectivity index (χ1) is 5.79. The molecule has 1 aromatic rings. The highest BCUT2D eigenvalue weighted by Crippen LogP contribution is 2.24. The number of hydrogen-bond acceptors (Lipinski definition) is 2. The Morgan fingerprint density at radius 3 is 3.17 bits per heavy atom. The van der Waals surface area contributed by atoms with Crippen LogP contribution in [-0.2, 0) is 6.42 Å². The highest BCUT2D eigenvalue weighted by atomic mass is 16.3. The molecule has 1 aliphatic rings. The Kier molecular flexibility index (Phi) is 1.73. The van der Waals surface area contributed by atoms with Crippen molar-refractivity contribution in [2.45, 2.75) is 25.4 Å². The van der Waals surface area contributed by atoms with Gasteiger partial charge in [-0.2, -0.15) is 0 Å². The Labute approximate surface area is 70.1 Å². The second-order valence-electron chi connectivity index (χ2n) is 3.14. The number of aromatic amines is 1. The third-order valence-electron chi connectivity index (χ3n) is 2.33. The molecule has 0 fully saturated rings. The van der Waals surface area contributed by atoms with E-state index < -0.39 is 6.10 Å². The molecule has 0 bridgehead atoms. The zero-order chi connectivity index (χ0) is 8.55. The van der Waals surface area contributed by atoms with Crippen molar-refractivity contribution >= 4 is 0 Å². The second-order valence-corrected chi connectivity index (χ2v) is 3.14. The first kappa shape index (κ1) is 7.55. The summed E-state index contributed by atoms with van der Waals surface area (Å²) in [5.74, 6) is 0. The van der Waals surface area contributed by atoms with Crippen molar-refractivity contribution in [2.75, 3.05) is 0 Å². The van der Waals surface area contributed by atoms with Crippen LogP contribution in [0.2, 0.25) is 0 Å². The molecule has 1 aliphatic carbocycles. The summed E-state index contributed by atoms with van der Waals surface area (Å²) in [5, 5.41) is 9.52. The summed E-state index contributed by atoms with van der Waals surface area (Å²) in [7, 11) is 0. The van der Waals surface area contributed by atoms with Gasteiger partial charge in [0.15, 0.2) is 5.43 Å². The maximum absolute atomic E-state index is 11.3. The predicted molar refractivity (Wildman–Crippen MR) is 45.0 cm³/mol. The van der Waals surface area contributed by atoms with E-state index in [1.54, 1.807) is 6.20 Å². The topological polar surface area (TPSA) is 53.1 Å². The number of hydrogen-bond donors (Lipinski definition) is 2. The summed E-state index contributed by atoms with van der Waals surface area (Å²) >= 11 is 0. The molecular formula is C9H11NO2. The zero-order valence-corrected chi connectivity index (χ0v) is 6.71. The van der Waals surface area contributed by atoms with E-state index in [0.717, 1.165) is 24.8 Å². The van der Waals surface area contributed by atoms with Gasteiger partial charge < -0.3 is 10.1 Å². The van der Waals surface area contributed by atoms with Gasteiger partial charge in [0.05, 0.1) is 11.8 Å². The molecule has 12 heavy (non-hydrogen) atoms. The van der Waals surface area contributed by atoms with Gasteiger partial charge >= 0.3 is 0 Å². The molecule has 1 heterocycles. The van der Waals surface area contributed by atoms with Crippen molar-refractivity contribution in [3.05, 3.63) is 33.7 Å². The molecule has 3 nitrogen and oxygen atoms in total. The fourth-order valence-corrected chi connectivity index (χ4v) is 1.70. The lowest BCUT2D eigenvalue weighted by Gasteiger charge is -2.19. The van der Waals surface area contributed by atoms with Crippen molar-refractivity contribution in [2.24, 2.45) is 0 Å². The number of aliphatic hydroxyl groups excluding tert-OH is 1. The van der Waals surface area contributed by atoms with Crippen LogP contribution in [0.15, 0.2) is 17.1 Å². The van der Waals surface area contributed by atoms with Gasteiger partial charge in [-0.05, 0) is 19.3 Å². The van der Waals surface area contributed by atoms with Gasteiger partial charge in [0, 0.05) is 17.8 Å². The van der Waals surface area contributed by atoms with Gasteiger partial charge in [0.2, 0.25) is 0 Å². The van der Waals surface area contributed by atoms with E-state index in [0.29, 0.717) is 5.69 Å². The molecule has 0 aliphatic heterocycles. The molecule has 64 valence electrons. The smallest absolute Gasteiger partial charge is 0.185 e. The number of nitrogens with one attached hydrogen (secondary N) is 1. The van der Waals surface area contributed by atoms with E-state index in [2.05, 4.69) is 4.98 Å². The van der Waals surface area contributed by atoms with Crippen molar-refractivity contribution in [3.63, 3.8) is 0 Å².